The van der Waals surface area contributed by atoms with Crippen molar-refractivity contribution in [1.29, 1.82) is 0 Å². The van der Waals surface area contributed by atoms with Crippen LogP contribution in [0.15, 0.2) is 22.8 Å². The van der Waals surface area contributed by atoms with Gasteiger partial charge in [0.05, 0.1) is 5.69 Å². The van der Waals surface area contributed by atoms with Gasteiger partial charge in [0.2, 0.25) is 0 Å². The highest BCUT2D eigenvalue weighted by Gasteiger charge is 2.55. The lowest BCUT2D eigenvalue weighted by atomic mass is 9.50. The summed E-state index contributed by atoms with van der Waals surface area (Å²) in [5.74, 6) is 1.04. The van der Waals surface area contributed by atoms with Gasteiger partial charge in [0.15, 0.2) is 0 Å². The van der Waals surface area contributed by atoms with Crippen LogP contribution in [-0.4, -0.2) is 10.5 Å². The van der Waals surface area contributed by atoms with Gasteiger partial charge in [-0.15, -0.1) is 0 Å². The molecule has 0 unspecified atom stereocenters. The molecule has 4 rings (SSSR count). The van der Waals surface area contributed by atoms with Crippen molar-refractivity contribution in [3.63, 3.8) is 0 Å². The van der Waals surface area contributed by atoms with Crippen LogP contribution in [0.2, 0.25) is 0 Å². The summed E-state index contributed by atoms with van der Waals surface area (Å²) in [4.78, 5) is 4.35. The molecular formula is C11H13BrN2. The Hall–Kier alpha value is -0.410. The Morgan fingerprint density at radius 2 is 2.21 bits per heavy atom. The van der Waals surface area contributed by atoms with Crippen LogP contribution in [0.5, 0.6) is 0 Å². The van der Waals surface area contributed by atoms with E-state index in [9.17, 15) is 0 Å². The van der Waals surface area contributed by atoms with Gasteiger partial charge in [0.1, 0.15) is 0 Å². The van der Waals surface area contributed by atoms with E-state index < -0.39 is 0 Å². The van der Waals surface area contributed by atoms with Gasteiger partial charge in [-0.3, -0.25) is 4.98 Å². The van der Waals surface area contributed by atoms with E-state index >= 15 is 0 Å². The minimum atomic E-state index is 0.513. The molecule has 0 atom stereocenters. The van der Waals surface area contributed by atoms with Gasteiger partial charge < -0.3 is 5.32 Å². The molecular weight excluding hydrogens is 240 g/mol. The van der Waals surface area contributed by atoms with Gasteiger partial charge in [-0.1, -0.05) is 0 Å². The molecule has 3 heteroatoms. The molecule has 3 saturated carbocycles. The quantitative estimate of drug-likeness (QED) is 0.895. The lowest BCUT2D eigenvalue weighted by Gasteiger charge is -2.62. The molecule has 0 radical (unpaired) electrons. The lowest BCUT2D eigenvalue weighted by Crippen LogP contribution is -2.66. The highest BCUT2D eigenvalue weighted by atomic mass is 79.9. The van der Waals surface area contributed by atoms with Crippen LogP contribution in [-0.2, 0) is 6.54 Å². The van der Waals surface area contributed by atoms with E-state index in [0.717, 1.165) is 22.6 Å². The molecule has 1 heterocycles. The zero-order valence-electron chi connectivity index (χ0n) is 7.96. The minimum Gasteiger partial charge on any atom is -0.306 e. The third kappa shape index (κ3) is 1.39. The largest absolute Gasteiger partial charge is 0.306 e. The molecule has 3 aliphatic carbocycles. The summed E-state index contributed by atoms with van der Waals surface area (Å²) in [5, 5.41) is 3.62. The fraction of sp³-hybridized carbons (Fsp3) is 0.545. The van der Waals surface area contributed by atoms with E-state index in [1.807, 2.05) is 12.3 Å². The van der Waals surface area contributed by atoms with Crippen molar-refractivity contribution in [3.8, 4) is 0 Å². The smallest absolute Gasteiger partial charge is 0.0542 e. The van der Waals surface area contributed by atoms with Crippen molar-refractivity contribution in [2.24, 2.45) is 5.92 Å². The maximum Gasteiger partial charge on any atom is 0.0542 e. The molecule has 0 aliphatic heterocycles. The number of hydrogen-bond acceptors (Lipinski definition) is 2. The average Bonchev–Trinajstić information content (AvgIpc) is 2.03. The SMILES string of the molecule is Brc1ccc(CNC23CC(C2)C3)nc1. The zero-order valence-corrected chi connectivity index (χ0v) is 9.55. The molecule has 1 aromatic heterocycles. The van der Waals surface area contributed by atoms with Crippen molar-refractivity contribution < 1.29 is 0 Å². The molecule has 3 fully saturated rings. The van der Waals surface area contributed by atoms with Gasteiger partial charge >= 0.3 is 0 Å². The van der Waals surface area contributed by atoms with Crippen LogP contribution in [0.1, 0.15) is 25.0 Å². The number of nitrogens with one attached hydrogen (secondary N) is 1. The summed E-state index contributed by atoms with van der Waals surface area (Å²) >= 11 is 3.39. The summed E-state index contributed by atoms with van der Waals surface area (Å²) in [6.45, 7) is 0.917. The fourth-order valence-electron chi connectivity index (χ4n) is 2.48. The maximum absolute atomic E-state index is 4.35. The monoisotopic (exact) mass is 252 g/mol. The topological polar surface area (TPSA) is 24.9 Å². The summed E-state index contributed by atoms with van der Waals surface area (Å²) in [6, 6.07) is 4.12. The van der Waals surface area contributed by atoms with Crippen molar-refractivity contribution in [2.45, 2.75) is 31.3 Å². The Morgan fingerprint density at radius 3 is 2.71 bits per heavy atom. The van der Waals surface area contributed by atoms with Crippen LogP contribution in [0, 0.1) is 5.92 Å². The highest BCUT2D eigenvalue weighted by molar-refractivity contribution is 9.10. The third-order valence-electron chi connectivity index (χ3n) is 3.47. The van der Waals surface area contributed by atoms with Gasteiger partial charge in [-0.05, 0) is 53.2 Å². The molecule has 1 aromatic rings. The number of halogens is 1. The number of hydrogen-bond donors (Lipinski definition) is 1. The van der Waals surface area contributed by atoms with Crippen molar-refractivity contribution in [2.75, 3.05) is 0 Å². The first kappa shape index (κ1) is 8.86. The second kappa shape index (κ2) is 3.04. The molecule has 0 amide bonds. The Bertz CT molecular complexity index is 330. The van der Waals surface area contributed by atoms with E-state index in [1.165, 1.54) is 19.3 Å². The molecule has 2 bridgehead atoms. The summed E-state index contributed by atoms with van der Waals surface area (Å²) < 4.78 is 1.05. The number of aromatic nitrogens is 1. The van der Waals surface area contributed by atoms with Crippen LogP contribution in [0.25, 0.3) is 0 Å². The fourth-order valence-corrected chi connectivity index (χ4v) is 2.72. The normalized spacial score (nSPS) is 33.4. The van der Waals surface area contributed by atoms with Crippen LogP contribution in [0.4, 0.5) is 0 Å². The van der Waals surface area contributed by atoms with Crippen LogP contribution in [0.3, 0.4) is 0 Å². The van der Waals surface area contributed by atoms with Gasteiger partial charge in [-0.2, -0.15) is 0 Å². The van der Waals surface area contributed by atoms with Crippen molar-refractivity contribution >= 4 is 15.9 Å². The van der Waals surface area contributed by atoms with Crippen molar-refractivity contribution in [3.05, 3.63) is 28.5 Å². The molecule has 14 heavy (non-hydrogen) atoms. The molecule has 0 aromatic carbocycles. The van der Waals surface area contributed by atoms with Gasteiger partial charge in [0.25, 0.3) is 0 Å². The first-order chi connectivity index (χ1) is 6.76. The molecule has 0 saturated heterocycles. The van der Waals surface area contributed by atoms with E-state index in [1.54, 1.807) is 0 Å². The Balaban J connectivity index is 1.59. The van der Waals surface area contributed by atoms with E-state index in [2.05, 4.69) is 32.3 Å². The van der Waals surface area contributed by atoms with E-state index in [0.29, 0.717) is 5.54 Å². The van der Waals surface area contributed by atoms with Crippen LogP contribution >= 0.6 is 15.9 Å². The number of rotatable bonds is 3. The number of nitrogens with zero attached hydrogens (tertiary/aromatic N) is 1. The average molecular weight is 253 g/mol. The summed E-state index contributed by atoms with van der Waals surface area (Å²) in [7, 11) is 0. The first-order valence-corrected chi connectivity index (χ1v) is 5.91. The maximum atomic E-state index is 4.35. The first-order valence-electron chi connectivity index (χ1n) is 5.11. The second-order valence-electron chi connectivity index (χ2n) is 4.58. The van der Waals surface area contributed by atoms with Gasteiger partial charge in [0, 0.05) is 22.8 Å². The molecule has 1 N–H and O–H groups in total. The lowest BCUT2D eigenvalue weighted by molar-refractivity contribution is -0.0522. The summed E-state index contributed by atoms with van der Waals surface area (Å²) in [5.41, 5.74) is 1.65. The predicted octanol–water partition coefficient (Wildman–Crippen LogP) is 2.49. The van der Waals surface area contributed by atoms with E-state index in [-0.39, 0.29) is 0 Å². The standard InChI is InChI=1S/C11H13BrN2/c12-9-1-2-10(13-6-9)7-14-11-3-8(4-11)5-11/h1-2,6,8,14H,3-5,7H2. The molecule has 3 aliphatic rings. The zero-order chi connectivity index (χ0) is 9.60. The van der Waals surface area contributed by atoms with Crippen LogP contribution < -0.4 is 5.32 Å². The Morgan fingerprint density at radius 1 is 1.43 bits per heavy atom. The summed E-state index contributed by atoms with van der Waals surface area (Å²) in [6.07, 6.45) is 6.04. The second-order valence-corrected chi connectivity index (χ2v) is 5.50. The van der Waals surface area contributed by atoms with Crippen molar-refractivity contribution in [1.82, 2.24) is 10.3 Å². The predicted molar refractivity (Wildman–Crippen MR) is 58.8 cm³/mol. The molecule has 74 valence electrons. The van der Waals surface area contributed by atoms with Gasteiger partial charge in [-0.25, -0.2) is 0 Å². The Kier molecular flexibility index (Phi) is 1.92. The number of pyridine rings is 1. The van der Waals surface area contributed by atoms with E-state index in [4.69, 9.17) is 0 Å². The minimum absolute atomic E-state index is 0.513. The molecule has 0 spiro atoms. The highest BCUT2D eigenvalue weighted by Crippen LogP contribution is 2.56. The Labute approximate surface area is 92.2 Å². The third-order valence-corrected chi connectivity index (χ3v) is 3.94. The molecule has 2 nitrogen and oxygen atoms in total.